The van der Waals surface area contributed by atoms with Gasteiger partial charge in [0.1, 0.15) is 6.10 Å². The number of nitrogens with two attached hydrogens (primary N) is 1. The number of aliphatic hydroxyl groups is 1. The second kappa shape index (κ2) is 4.26. The van der Waals surface area contributed by atoms with Crippen LogP contribution in [0.25, 0.3) is 0 Å². The Balaban J connectivity index is 2.76. The van der Waals surface area contributed by atoms with Gasteiger partial charge < -0.3 is 10.8 Å². The maximum Gasteiger partial charge on any atom is 0.258 e. The molecule has 1 aliphatic carbocycles. The van der Waals surface area contributed by atoms with Crippen molar-refractivity contribution in [1.82, 2.24) is 0 Å². The molecule has 104 valence electrons. The van der Waals surface area contributed by atoms with E-state index in [2.05, 4.69) is 15.9 Å². The van der Waals surface area contributed by atoms with E-state index >= 15 is 0 Å². The monoisotopic (exact) mass is 351 g/mol. The minimum Gasteiger partial charge on any atom is -0.384 e. The van der Waals surface area contributed by atoms with E-state index in [1.54, 1.807) is 0 Å². The molecule has 8 heteroatoms. The van der Waals surface area contributed by atoms with Crippen molar-refractivity contribution in [3.8, 4) is 0 Å². The average Bonchev–Trinajstić information content (AvgIpc) is 2.54. The summed E-state index contributed by atoms with van der Waals surface area (Å²) in [4.78, 5) is 11.0. The number of alkyl halides is 1. The number of hydrogen-bond donors (Lipinski definition) is 2. The highest BCUT2D eigenvalue weighted by atomic mass is 79.9. The predicted molar refractivity (Wildman–Crippen MR) is 68.9 cm³/mol. The largest absolute Gasteiger partial charge is 0.384 e. The lowest BCUT2D eigenvalue weighted by atomic mass is 9.99. The van der Waals surface area contributed by atoms with Crippen molar-refractivity contribution in [2.24, 2.45) is 5.73 Å². The number of aliphatic hydroxyl groups excluding tert-OH is 1. The van der Waals surface area contributed by atoms with Gasteiger partial charge in [0.05, 0.1) is 4.90 Å². The average molecular weight is 352 g/mol. The highest BCUT2D eigenvalue weighted by molar-refractivity contribution is 9.10. The van der Waals surface area contributed by atoms with Crippen LogP contribution in [-0.4, -0.2) is 31.4 Å². The van der Waals surface area contributed by atoms with Crippen LogP contribution in [0.2, 0.25) is 0 Å². The standard InChI is InChI=1S/C11H11BrFNO4S/c1-19(17,18)7-3-2-6(12)5-4-11(13,10(14)16)9(15)8(5)7/h2-3,9,15H,4H2,1H3,(H2,14,16)/t9-,11+/m0/s1. The lowest BCUT2D eigenvalue weighted by molar-refractivity contribution is -0.136. The number of fused-ring (bicyclic) bond motifs is 1. The Morgan fingerprint density at radius 3 is 2.63 bits per heavy atom. The summed E-state index contributed by atoms with van der Waals surface area (Å²) >= 11 is 3.15. The predicted octanol–water partition coefficient (Wildman–Crippen LogP) is 0.636. The molecular formula is C11H11BrFNO4S. The molecule has 0 bridgehead atoms. The molecule has 1 aromatic carbocycles. The van der Waals surface area contributed by atoms with Crippen LogP contribution >= 0.6 is 15.9 Å². The number of sulfone groups is 1. The first-order valence-electron chi connectivity index (χ1n) is 5.27. The van der Waals surface area contributed by atoms with Crippen LogP contribution in [0.3, 0.4) is 0 Å². The molecule has 0 radical (unpaired) electrons. The quantitative estimate of drug-likeness (QED) is 0.816. The Labute approximate surface area is 117 Å². The van der Waals surface area contributed by atoms with E-state index in [0.717, 1.165) is 6.26 Å². The molecule has 1 amide bonds. The van der Waals surface area contributed by atoms with Crippen LogP contribution < -0.4 is 5.73 Å². The summed E-state index contributed by atoms with van der Waals surface area (Å²) in [7, 11) is -3.65. The topological polar surface area (TPSA) is 97.5 Å². The first kappa shape index (κ1) is 14.4. The number of hydrogen-bond acceptors (Lipinski definition) is 4. The van der Waals surface area contributed by atoms with Crippen molar-refractivity contribution < 1.29 is 22.7 Å². The van der Waals surface area contributed by atoms with Crippen molar-refractivity contribution in [3.05, 3.63) is 27.7 Å². The summed E-state index contributed by atoms with van der Waals surface area (Å²) in [6.45, 7) is 0. The van der Waals surface area contributed by atoms with Gasteiger partial charge in [-0.1, -0.05) is 15.9 Å². The van der Waals surface area contributed by atoms with Gasteiger partial charge in [0.2, 0.25) is 5.67 Å². The maximum absolute atomic E-state index is 14.4. The zero-order valence-electron chi connectivity index (χ0n) is 9.85. The van der Waals surface area contributed by atoms with E-state index < -0.39 is 33.9 Å². The highest BCUT2D eigenvalue weighted by Gasteiger charge is 2.53. The number of primary amides is 1. The van der Waals surface area contributed by atoms with Crippen molar-refractivity contribution >= 4 is 31.7 Å². The van der Waals surface area contributed by atoms with Crippen LogP contribution in [0.1, 0.15) is 17.2 Å². The van der Waals surface area contributed by atoms with Gasteiger partial charge in [0.25, 0.3) is 5.91 Å². The Bertz CT molecular complexity index is 676. The summed E-state index contributed by atoms with van der Waals surface area (Å²) in [6.07, 6.45) is -1.39. The van der Waals surface area contributed by atoms with Gasteiger partial charge in [-0.2, -0.15) is 0 Å². The number of rotatable bonds is 2. The van der Waals surface area contributed by atoms with Crippen molar-refractivity contribution in [2.45, 2.75) is 23.1 Å². The SMILES string of the molecule is CS(=O)(=O)c1ccc(Br)c2c1[C@H](O)[C@@](F)(C(N)=O)C2. The summed E-state index contributed by atoms with van der Waals surface area (Å²) in [5.41, 5.74) is 2.43. The minimum absolute atomic E-state index is 0.0989. The molecule has 1 aliphatic rings. The van der Waals surface area contributed by atoms with Crippen LogP contribution in [-0.2, 0) is 21.1 Å². The number of halogens is 2. The van der Waals surface area contributed by atoms with Crippen molar-refractivity contribution in [2.75, 3.05) is 6.26 Å². The van der Waals surface area contributed by atoms with Gasteiger partial charge in [0, 0.05) is 22.7 Å². The molecule has 0 saturated carbocycles. The van der Waals surface area contributed by atoms with Gasteiger partial charge in [-0.15, -0.1) is 0 Å². The van der Waals surface area contributed by atoms with Crippen LogP contribution in [0, 0.1) is 0 Å². The Morgan fingerprint density at radius 1 is 1.58 bits per heavy atom. The van der Waals surface area contributed by atoms with Crippen LogP contribution in [0.15, 0.2) is 21.5 Å². The summed E-state index contributed by atoms with van der Waals surface area (Å²) in [5, 5.41) is 9.98. The lowest BCUT2D eigenvalue weighted by Gasteiger charge is -2.20. The maximum atomic E-state index is 14.4. The smallest absolute Gasteiger partial charge is 0.258 e. The molecule has 0 unspecified atom stereocenters. The third kappa shape index (κ3) is 2.07. The van der Waals surface area contributed by atoms with Gasteiger partial charge in [-0.3, -0.25) is 4.79 Å². The second-order valence-corrected chi connectivity index (χ2v) is 7.35. The molecule has 0 spiro atoms. The Hall–Kier alpha value is -0.990. The zero-order valence-corrected chi connectivity index (χ0v) is 12.3. The molecule has 0 saturated heterocycles. The van der Waals surface area contributed by atoms with Crippen LogP contribution in [0.5, 0.6) is 0 Å². The van der Waals surface area contributed by atoms with Crippen LogP contribution in [0.4, 0.5) is 4.39 Å². The van der Waals surface area contributed by atoms with E-state index in [9.17, 15) is 22.7 Å². The summed E-state index contributed by atoms with van der Waals surface area (Å²) in [6, 6.07) is 2.70. The Kier molecular flexibility index (Phi) is 3.23. The highest BCUT2D eigenvalue weighted by Crippen LogP contribution is 2.47. The molecule has 19 heavy (non-hydrogen) atoms. The third-order valence-corrected chi connectivity index (χ3v) is 5.11. The third-order valence-electron chi connectivity index (χ3n) is 3.21. The van der Waals surface area contributed by atoms with E-state index in [-0.39, 0.29) is 16.0 Å². The first-order valence-corrected chi connectivity index (χ1v) is 7.95. The van der Waals surface area contributed by atoms with E-state index in [1.807, 2.05) is 0 Å². The normalized spacial score (nSPS) is 26.2. The molecular weight excluding hydrogens is 341 g/mol. The molecule has 2 rings (SSSR count). The molecule has 0 fully saturated rings. The summed E-state index contributed by atoms with van der Waals surface area (Å²) < 4.78 is 38.2. The van der Waals surface area contributed by atoms with E-state index in [0.29, 0.717) is 4.47 Å². The molecule has 0 aromatic heterocycles. The molecule has 1 aromatic rings. The van der Waals surface area contributed by atoms with Crippen molar-refractivity contribution in [3.63, 3.8) is 0 Å². The number of benzene rings is 1. The molecule has 3 N–H and O–H groups in total. The fourth-order valence-electron chi connectivity index (χ4n) is 2.22. The van der Waals surface area contributed by atoms with Gasteiger partial charge >= 0.3 is 0 Å². The van der Waals surface area contributed by atoms with Gasteiger partial charge in [-0.25, -0.2) is 12.8 Å². The molecule has 0 heterocycles. The summed E-state index contributed by atoms with van der Waals surface area (Å²) in [5.74, 6) is -1.32. The fourth-order valence-corrected chi connectivity index (χ4v) is 3.66. The zero-order chi connectivity index (χ0) is 14.6. The first-order chi connectivity index (χ1) is 8.59. The van der Waals surface area contributed by atoms with Crippen molar-refractivity contribution in [1.29, 1.82) is 0 Å². The second-order valence-electron chi connectivity index (χ2n) is 4.52. The fraction of sp³-hybridized carbons (Fsp3) is 0.364. The number of carbonyl (C=O) groups excluding carboxylic acids is 1. The van der Waals surface area contributed by atoms with E-state index in [1.165, 1.54) is 12.1 Å². The van der Waals surface area contributed by atoms with E-state index in [4.69, 9.17) is 5.73 Å². The minimum atomic E-state index is -3.65. The lowest BCUT2D eigenvalue weighted by Crippen LogP contribution is -2.43. The Morgan fingerprint density at radius 2 is 2.16 bits per heavy atom. The molecule has 5 nitrogen and oxygen atoms in total. The van der Waals surface area contributed by atoms with Gasteiger partial charge in [0.15, 0.2) is 9.84 Å². The number of carbonyl (C=O) groups is 1. The molecule has 2 atom stereocenters. The van der Waals surface area contributed by atoms with Gasteiger partial charge in [-0.05, 0) is 17.7 Å². The molecule has 0 aliphatic heterocycles. The number of amides is 1.